The zero-order chi connectivity index (χ0) is 15.7. The standard InChI is InChI=1S/C16H18N4OS/c1-16(2,3)9-14(21)17-11-6-7-13-18-15(19-20(13)10-11)12-5-4-8-22-12/h4-8,10H,9H2,1-3H3,(H,17,21). The minimum atomic E-state index is -0.0339. The van der Waals surface area contributed by atoms with Gasteiger partial charge in [0, 0.05) is 6.42 Å². The molecule has 0 spiro atoms. The number of carbonyl (C=O) groups excluding carboxylic acids is 1. The molecule has 0 saturated heterocycles. The third kappa shape index (κ3) is 3.33. The van der Waals surface area contributed by atoms with Crippen LogP contribution >= 0.6 is 11.3 Å². The largest absolute Gasteiger partial charge is 0.325 e. The highest BCUT2D eigenvalue weighted by atomic mass is 32.1. The third-order valence-electron chi connectivity index (χ3n) is 3.05. The number of pyridine rings is 1. The summed E-state index contributed by atoms with van der Waals surface area (Å²) in [5.41, 5.74) is 1.45. The summed E-state index contributed by atoms with van der Waals surface area (Å²) in [5.74, 6) is 0.707. The lowest BCUT2D eigenvalue weighted by molar-refractivity contribution is -0.117. The molecular formula is C16H18N4OS. The first-order chi connectivity index (χ1) is 10.4. The molecule has 0 aromatic carbocycles. The molecule has 0 atom stereocenters. The van der Waals surface area contributed by atoms with Gasteiger partial charge in [-0.3, -0.25) is 4.79 Å². The molecule has 3 aromatic rings. The van der Waals surface area contributed by atoms with E-state index in [4.69, 9.17) is 0 Å². The molecule has 0 bridgehead atoms. The maximum Gasteiger partial charge on any atom is 0.224 e. The van der Waals surface area contributed by atoms with Gasteiger partial charge in [0.2, 0.25) is 5.91 Å². The highest BCUT2D eigenvalue weighted by Crippen LogP contribution is 2.23. The van der Waals surface area contributed by atoms with E-state index in [1.165, 1.54) is 0 Å². The quantitative estimate of drug-likeness (QED) is 0.799. The highest BCUT2D eigenvalue weighted by Gasteiger charge is 2.16. The zero-order valence-electron chi connectivity index (χ0n) is 12.8. The first-order valence-corrected chi connectivity index (χ1v) is 7.99. The van der Waals surface area contributed by atoms with E-state index in [-0.39, 0.29) is 11.3 Å². The van der Waals surface area contributed by atoms with Crippen molar-refractivity contribution in [2.24, 2.45) is 5.41 Å². The second kappa shape index (κ2) is 5.53. The summed E-state index contributed by atoms with van der Waals surface area (Å²) in [4.78, 5) is 17.5. The number of fused-ring (bicyclic) bond motifs is 1. The van der Waals surface area contributed by atoms with E-state index in [1.807, 2.05) is 50.4 Å². The van der Waals surface area contributed by atoms with Crippen molar-refractivity contribution in [2.75, 3.05) is 5.32 Å². The van der Waals surface area contributed by atoms with Crippen LogP contribution in [0.3, 0.4) is 0 Å². The molecule has 1 amide bonds. The molecule has 5 nitrogen and oxygen atoms in total. The third-order valence-corrected chi connectivity index (χ3v) is 3.91. The number of anilines is 1. The van der Waals surface area contributed by atoms with Gasteiger partial charge in [-0.2, -0.15) is 0 Å². The molecule has 0 aliphatic heterocycles. The van der Waals surface area contributed by atoms with Crippen LogP contribution in [0.5, 0.6) is 0 Å². The molecule has 0 radical (unpaired) electrons. The number of amides is 1. The van der Waals surface area contributed by atoms with Gasteiger partial charge < -0.3 is 5.32 Å². The predicted molar refractivity (Wildman–Crippen MR) is 89.0 cm³/mol. The number of nitrogens with one attached hydrogen (secondary N) is 1. The van der Waals surface area contributed by atoms with Crippen molar-refractivity contribution in [1.29, 1.82) is 0 Å². The SMILES string of the molecule is CC(C)(C)CC(=O)Nc1ccc2nc(-c3cccs3)nn2c1. The number of aromatic nitrogens is 3. The summed E-state index contributed by atoms with van der Waals surface area (Å²) in [6, 6.07) is 7.68. The van der Waals surface area contributed by atoms with Crippen LogP contribution in [0.25, 0.3) is 16.3 Å². The second-order valence-electron chi connectivity index (χ2n) is 6.42. The Kier molecular flexibility index (Phi) is 3.70. The van der Waals surface area contributed by atoms with E-state index in [0.717, 1.165) is 16.2 Å². The molecule has 3 aromatic heterocycles. The molecular weight excluding hydrogens is 296 g/mol. The Balaban J connectivity index is 1.82. The van der Waals surface area contributed by atoms with E-state index in [1.54, 1.807) is 22.0 Å². The van der Waals surface area contributed by atoms with Crippen molar-refractivity contribution in [3.05, 3.63) is 35.8 Å². The Bertz CT molecular complexity index is 799. The molecule has 0 unspecified atom stereocenters. The number of thiophene rings is 1. The lowest BCUT2D eigenvalue weighted by Crippen LogP contribution is -2.19. The van der Waals surface area contributed by atoms with Crippen LogP contribution in [0.2, 0.25) is 0 Å². The molecule has 3 rings (SSSR count). The summed E-state index contributed by atoms with van der Waals surface area (Å²) in [7, 11) is 0. The van der Waals surface area contributed by atoms with Gasteiger partial charge in [0.1, 0.15) is 0 Å². The topological polar surface area (TPSA) is 59.3 Å². The van der Waals surface area contributed by atoms with Crippen LogP contribution in [0.4, 0.5) is 5.69 Å². The van der Waals surface area contributed by atoms with Crippen molar-refractivity contribution >= 4 is 28.6 Å². The maximum absolute atomic E-state index is 12.0. The Morgan fingerprint density at radius 3 is 2.82 bits per heavy atom. The Morgan fingerprint density at radius 2 is 2.14 bits per heavy atom. The lowest BCUT2D eigenvalue weighted by Gasteiger charge is -2.17. The van der Waals surface area contributed by atoms with Crippen molar-refractivity contribution in [2.45, 2.75) is 27.2 Å². The zero-order valence-corrected chi connectivity index (χ0v) is 13.6. The maximum atomic E-state index is 12.0. The minimum Gasteiger partial charge on any atom is -0.325 e. The number of carbonyl (C=O) groups is 1. The van der Waals surface area contributed by atoms with Crippen LogP contribution in [-0.4, -0.2) is 20.5 Å². The molecule has 0 aliphatic rings. The van der Waals surface area contributed by atoms with Crippen LogP contribution in [0, 0.1) is 5.41 Å². The van der Waals surface area contributed by atoms with E-state index in [9.17, 15) is 4.79 Å². The van der Waals surface area contributed by atoms with Crippen LogP contribution in [0.1, 0.15) is 27.2 Å². The first-order valence-electron chi connectivity index (χ1n) is 7.11. The van der Waals surface area contributed by atoms with Crippen molar-refractivity contribution < 1.29 is 4.79 Å². The number of hydrogen-bond acceptors (Lipinski definition) is 4. The fourth-order valence-corrected chi connectivity index (χ4v) is 2.81. The highest BCUT2D eigenvalue weighted by molar-refractivity contribution is 7.13. The van der Waals surface area contributed by atoms with Crippen molar-refractivity contribution in [1.82, 2.24) is 14.6 Å². The van der Waals surface area contributed by atoms with Crippen molar-refractivity contribution in [3.63, 3.8) is 0 Å². The molecule has 3 heterocycles. The number of rotatable bonds is 3. The number of nitrogens with zero attached hydrogens (tertiary/aromatic N) is 3. The van der Waals surface area contributed by atoms with Gasteiger partial charge in [0.25, 0.3) is 0 Å². The number of hydrogen-bond donors (Lipinski definition) is 1. The van der Waals surface area contributed by atoms with Gasteiger partial charge in [0.15, 0.2) is 11.5 Å². The van der Waals surface area contributed by atoms with E-state index in [2.05, 4.69) is 15.4 Å². The van der Waals surface area contributed by atoms with Crippen molar-refractivity contribution in [3.8, 4) is 10.7 Å². The van der Waals surface area contributed by atoms with Crippen LogP contribution < -0.4 is 5.32 Å². The molecule has 22 heavy (non-hydrogen) atoms. The molecule has 6 heteroatoms. The predicted octanol–water partition coefficient (Wildman–Crippen LogP) is 3.83. The van der Waals surface area contributed by atoms with Crippen LogP contribution in [0.15, 0.2) is 35.8 Å². The summed E-state index contributed by atoms with van der Waals surface area (Å²) in [6.45, 7) is 6.13. The van der Waals surface area contributed by atoms with Gasteiger partial charge >= 0.3 is 0 Å². The summed E-state index contributed by atoms with van der Waals surface area (Å²) in [6.07, 6.45) is 2.27. The Hall–Kier alpha value is -2.21. The monoisotopic (exact) mass is 314 g/mol. The molecule has 0 aliphatic carbocycles. The molecule has 114 valence electrons. The average Bonchev–Trinajstić information content (AvgIpc) is 3.04. The van der Waals surface area contributed by atoms with E-state index >= 15 is 0 Å². The molecule has 1 N–H and O–H groups in total. The van der Waals surface area contributed by atoms with Gasteiger partial charge in [-0.05, 0) is 29.0 Å². The fourth-order valence-electron chi connectivity index (χ4n) is 2.15. The van der Waals surface area contributed by atoms with E-state index < -0.39 is 0 Å². The van der Waals surface area contributed by atoms with Gasteiger partial charge in [-0.1, -0.05) is 26.8 Å². The summed E-state index contributed by atoms with van der Waals surface area (Å²) in [5, 5.41) is 9.37. The smallest absolute Gasteiger partial charge is 0.224 e. The van der Waals surface area contributed by atoms with Gasteiger partial charge in [-0.25, -0.2) is 9.50 Å². The molecule has 0 fully saturated rings. The first kappa shape index (κ1) is 14.7. The lowest BCUT2D eigenvalue weighted by atomic mass is 9.92. The second-order valence-corrected chi connectivity index (χ2v) is 7.37. The fraction of sp³-hybridized carbons (Fsp3) is 0.312. The Labute approximate surface area is 133 Å². The summed E-state index contributed by atoms with van der Waals surface area (Å²) < 4.78 is 1.70. The normalized spacial score (nSPS) is 11.8. The van der Waals surface area contributed by atoms with Crippen LogP contribution in [-0.2, 0) is 4.79 Å². The van der Waals surface area contributed by atoms with Gasteiger partial charge in [-0.15, -0.1) is 16.4 Å². The average molecular weight is 314 g/mol. The van der Waals surface area contributed by atoms with Gasteiger partial charge in [0.05, 0.1) is 16.8 Å². The van der Waals surface area contributed by atoms with E-state index in [0.29, 0.717) is 12.2 Å². The summed E-state index contributed by atoms with van der Waals surface area (Å²) >= 11 is 1.60. The molecule has 0 saturated carbocycles. The minimum absolute atomic E-state index is 0.00504. The Morgan fingerprint density at radius 1 is 1.32 bits per heavy atom.